The molecule has 21 heavy (non-hydrogen) atoms. The van der Waals surface area contributed by atoms with Gasteiger partial charge in [0.2, 0.25) is 5.89 Å². The molecule has 0 aliphatic heterocycles. The molecule has 2 rings (SSSR count). The normalized spacial score (nSPS) is 11.0. The minimum atomic E-state index is 0.491. The van der Waals surface area contributed by atoms with Crippen molar-refractivity contribution in [3.63, 3.8) is 0 Å². The van der Waals surface area contributed by atoms with Gasteiger partial charge in [0.15, 0.2) is 0 Å². The van der Waals surface area contributed by atoms with E-state index in [1.165, 1.54) is 11.1 Å². The summed E-state index contributed by atoms with van der Waals surface area (Å²) in [7, 11) is 0. The third-order valence-corrected chi connectivity index (χ3v) is 3.23. The number of hydrogen-bond donors (Lipinski definition) is 2. The highest BCUT2D eigenvalue weighted by Crippen LogP contribution is 2.09. The maximum atomic E-state index is 5.54. The van der Waals surface area contributed by atoms with Gasteiger partial charge < -0.3 is 15.1 Å². The number of benzene rings is 1. The first kappa shape index (κ1) is 15.5. The Morgan fingerprint density at radius 1 is 1.19 bits per heavy atom. The predicted octanol–water partition coefficient (Wildman–Crippen LogP) is 2.78. The lowest BCUT2D eigenvalue weighted by Crippen LogP contribution is -2.19. The zero-order chi connectivity index (χ0) is 15.1. The maximum absolute atomic E-state index is 5.54. The van der Waals surface area contributed by atoms with Crippen LogP contribution in [0.15, 0.2) is 28.7 Å². The number of nitrogens with one attached hydrogen (secondary N) is 2. The van der Waals surface area contributed by atoms with E-state index in [0.29, 0.717) is 24.4 Å². The van der Waals surface area contributed by atoms with E-state index in [4.69, 9.17) is 4.42 Å². The van der Waals surface area contributed by atoms with E-state index in [2.05, 4.69) is 65.9 Å². The van der Waals surface area contributed by atoms with Crippen molar-refractivity contribution < 1.29 is 4.42 Å². The Morgan fingerprint density at radius 3 is 2.76 bits per heavy atom. The first-order valence-electron chi connectivity index (χ1n) is 7.46. The molecule has 0 amide bonds. The first-order chi connectivity index (χ1) is 10.1. The Hall–Kier alpha value is -1.88. The minimum absolute atomic E-state index is 0.491. The molecule has 114 valence electrons. The molecule has 0 bridgehead atoms. The summed E-state index contributed by atoms with van der Waals surface area (Å²) in [4.78, 5) is 0. The molecule has 0 unspecified atom stereocenters. The number of aryl methyl sites for hydroxylation is 1. The van der Waals surface area contributed by atoms with E-state index in [1.807, 2.05) is 0 Å². The van der Waals surface area contributed by atoms with Gasteiger partial charge in [-0.05, 0) is 36.9 Å². The van der Waals surface area contributed by atoms with Gasteiger partial charge in [0.05, 0.1) is 6.54 Å². The van der Waals surface area contributed by atoms with Crippen LogP contribution in [-0.4, -0.2) is 23.3 Å². The molecule has 0 saturated carbocycles. The third kappa shape index (κ3) is 5.19. The Kier molecular flexibility index (Phi) is 5.75. The zero-order valence-corrected chi connectivity index (χ0v) is 13.0. The molecule has 1 aromatic carbocycles. The number of rotatable bonds is 8. The lowest BCUT2D eigenvalue weighted by Gasteiger charge is -2.05. The van der Waals surface area contributed by atoms with Crippen molar-refractivity contribution in [2.45, 2.75) is 33.7 Å². The van der Waals surface area contributed by atoms with Crippen molar-refractivity contribution in [1.82, 2.24) is 15.5 Å². The van der Waals surface area contributed by atoms with E-state index < -0.39 is 0 Å². The Balaban J connectivity index is 1.74. The average molecular weight is 288 g/mol. The largest absolute Gasteiger partial charge is 0.407 e. The first-order valence-corrected chi connectivity index (χ1v) is 7.46. The van der Waals surface area contributed by atoms with E-state index in [9.17, 15) is 0 Å². The van der Waals surface area contributed by atoms with Gasteiger partial charge in [0, 0.05) is 6.54 Å². The Labute approximate surface area is 126 Å². The third-order valence-electron chi connectivity index (χ3n) is 3.23. The predicted molar refractivity (Wildman–Crippen MR) is 84.2 cm³/mol. The van der Waals surface area contributed by atoms with Crippen LogP contribution in [0, 0.1) is 12.8 Å². The van der Waals surface area contributed by atoms with E-state index in [-0.39, 0.29) is 0 Å². The Bertz CT molecular complexity index is 551. The smallest absolute Gasteiger partial charge is 0.315 e. The molecule has 0 aliphatic rings. The highest BCUT2D eigenvalue weighted by Gasteiger charge is 2.05. The van der Waals surface area contributed by atoms with E-state index >= 15 is 0 Å². The molecule has 0 radical (unpaired) electrons. The molecule has 0 saturated heterocycles. The fourth-order valence-corrected chi connectivity index (χ4v) is 2.06. The van der Waals surface area contributed by atoms with Crippen LogP contribution in [0.4, 0.5) is 6.01 Å². The molecule has 2 N–H and O–H groups in total. The zero-order valence-electron chi connectivity index (χ0n) is 13.0. The van der Waals surface area contributed by atoms with Crippen LogP contribution in [0.1, 0.15) is 30.9 Å². The van der Waals surface area contributed by atoms with Crippen LogP contribution in [0.2, 0.25) is 0 Å². The topological polar surface area (TPSA) is 63.0 Å². The monoisotopic (exact) mass is 288 g/mol. The van der Waals surface area contributed by atoms with Gasteiger partial charge in [-0.15, -0.1) is 5.10 Å². The van der Waals surface area contributed by atoms with Crippen molar-refractivity contribution in [3.05, 3.63) is 41.3 Å². The summed E-state index contributed by atoms with van der Waals surface area (Å²) in [6, 6.07) is 8.88. The number of aromatic nitrogens is 2. The van der Waals surface area contributed by atoms with Crippen LogP contribution in [-0.2, 0) is 13.0 Å². The van der Waals surface area contributed by atoms with Crippen LogP contribution in [0.25, 0.3) is 0 Å². The summed E-state index contributed by atoms with van der Waals surface area (Å²) in [6.45, 7) is 8.80. The standard InChI is InChI=1S/C16H24N4O/c1-12(2)10-17-11-15-19-20-16(21-15)18-9-8-14-7-5-4-6-13(14)3/h4-7,12,17H,8-11H2,1-3H3,(H,18,20). The van der Waals surface area contributed by atoms with Crippen molar-refractivity contribution in [2.24, 2.45) is 5.92 Å². The van der Waals surface area contributed by atoms with Crippen LogP contribution >= 0.6 is 0 Å². The van der Waals surface area contributed by atoms with Gasteiger partial charge >= 0.3 is 6.01 Å². The summed E-state index contributed by atoms with van der Waals surface area (Å²) < 4.78 is 5.54. The lowest BCUT2D eigenvalue weighted by atomic mass is 10.1. The SMILES string of the molecule is Cc1ccccc1CCNc1nnc(CNCC(C)C)o1. The highest BCUT2D eigenvalue weighted by atomic mass is 16.4. The quantitative estimate of drug-likeness (QED) is 0.782. The van der Waals surface area contributed by atoms with Gasteiger partial charge in [-0.1, -0.05) is 43.2 Å². The van der Waals surface area contributed by atoms with Gasteiger partial charge in [-0.2, -0.15) is 0 Å². The van der Waals surface area contributed by atoms with E-state index in [1.54, 1.807) is 0 Å². The number of hydrogen-bond acceptors (Lipinski definition) is 5. The second-order valence-corrected chi connectivity index (χ2v) is 5.63. The molecular weight excluding hydrogens is 264 g/mol. The van der Waals surface area contributed by atoms with Gasteiger partial charge in [0.1, 0.15) is 0 Å². The second-order valence-electron chi connectivity index (χ2n) is 5.63. The second kappa shape index (κ2) is 7.78. The highest BCUT2D eigenvalue weighted by molar-refractivity contribution is 5.27. The minimum Gasteiger partial charge on any atom is -0.407 e. The molecule has 1 heterocycles. The van der Waals surface area contributed by atoms with Crippen molar-refractivity contribution in [2.75, 3.05) is 18.4 Å². The Morgan fingerprint density at radius 2 is 2.00 bits per heavy atom. The van der Waals surface area contributed by atoms with Crippen molar-refractivity contribution in [3.8, 4) is 0 Å². The fourth-order valence-electron chi connectivity index (χ4n) is 2.06. The summed E-state index contributed by atoms with van der Waals surface area (Å²) >= 11 is 0. The molecule has 5 nitrogen and oxygen atoms in total. The molecule has 0 atom stereocenters. The molecule has 0 aliphatic carbocycles. The summed E-state index contributed by atoms with van der Waals surface area (Å²) in [5.74, 6) is 1.23. The number of nitrogens with zero attached hydrogens (tertiary/aromatic N) is 2. The van der Waals surface area contributed by atoms with Gasteiger partial charge in [0.25, 0.3) is 0 Å². The molecule has 2 aromatic rings. The van der Waals surface area contributed by atoms with Crippen molar-refractivity contribution in [1.29, 1.82) is 0 Å². The molecular formula is C16H24N4O. The summed E-state index contributed by atoms with van der Waals surface area (Å²) in [5.41, 5.74) is 2.65. The maximum Gasteiger partial charge on any atom is 0.315 e. The number of anilines is 1. The summed E-state index contributed by atoms with van der Waals surface area (Å²) in [5, 5.41) is 14.5. The molecule has 0 fully saturated rings. The summed E-state index contributed by atoms with van der Waals surface area (Å²) in [6.07, 6.45) is 0.940. The molecule has 0 spiro atoms. The van der Waals surface area contributed by atoms with Crippen LogP contribution in [0.5, 0.6) is 0 Å². The fraction of sp³-hybridized carbons (Fsp3) is 0.500. The van der Waals surface area contributed by atoms with Crippen molar-refractivity contribution >= 4 is 6.01 Å². The van der Waals surface area contributed by atoms with Gasteiger partial charge in [-0.3, -0.25) is 0 Å². The van der Waals surface area contributed by atoms with E-state index in [0.717, 1.165) is 19.5 Å². The van der Waals surface area contributed by atoms with Crippen LogP contribution in [0.3, 0.4) is 0 Å². The molecule has 1 aromatic heterocycles. The average Bonchev–Trinajstić information content (AvgIpc) is 2.88. The lowest BCUT2D eigenvalue weighted by molar-refractivity contribution is 0.458. The van der Waals surface area contributed by atoms with Crippen LogP contribution < -0.4 is 10.6 Å². The molecule has 5 heteroatoms. The van der Waals surface area contributed by atoms with Gasteiger partial charge in [-0.25, -0.2) is 0 Å².